The quantitative estimate of drug-likeness (QED) is 0.140. The first-order valence-electron chi connectivity index (χ1n) is 15.6. The molecule has 0 nitrogen and oxygen atoms in total. The molecular formula is C39H52. The Morgan fingerprint density at radius 1 is 0.744 bits per heavy atom. The summed E-state index contributed by atoms with van der Waals surface area (Å²) in [4.78, 5) is 0. The van der Waals surface area contributed by atoms with Crippen LogP contribution in [0.15, 0.2) is 123 Å². The normalized spacial score (nSPS) is 32.6. The summed E-state index contributed by atoms with van der Waals surface area (Å²) in [6.45, 7) is 18.3. The Kier molecular flexibility index (Phi) is 9.92. The molecule has 2 spiro atoms. The number of hydrogen-bond acceptors (Lipinski definition) is 0. The number of hydrogen-bond donors (Lipinski definition) is 0. The molecule has 2 saturated carbocycles. The maximum Gasteiger partial charge on any atom is 0.00507 e. The summed E-state index contributed by atoms with van der Waals surface area (Å²) in [6.07, 6.45) is 45.9. The third kappa shape index (κ3) is 5.29. The minimum absolute atomic E-state index is 0.241. The summed E-state index contributed by atoms with van der Waals surface area (Å²) < 4.78 is 0. The van der Waals surface area contributed by atoms with E-state index in [0.717, 1.165) is 37.5 Å². The Balaban J connectivity index is 1.90. The van der Waals surface area contributed by atoms with Crippen LogP contribution in [0.2, 0.25) is 0 Å². The van der Waals surface area contributed by atoms with Crippen molar-refractivity contribution >= 4 is 0 Å². The van der Waals surface area contributed by atoms with Gasteiger partial charge in [0.15, 0.2) is 0 Å². The second kappa shape index (κ2) is 13.2. The van der Waals surface area contributed by atoms with E-state index in [4.69, 9.17) is 0 Å². The summed E-state index contributed by atoms with van der Waals surface area (Å²) in [7, 11) is 0. The molecule has 0 N–H and O–H groups in total. The van der Waals surface area contributed by atoms with Gasteiger partial charge in [-0.2, -0.15) is 0 Å². The molecule has 0 amide bonds. The fourth-order valence-corrected chi connectivity index (χ4v) is 9.66. The zero-order chi connectivity index (χ0) is 27.8. The Bertz CT molecular complexity index is 1060. The van der Waals surface area contributed by atoms with Crippen LogP contribution in [-0.4, -0.2) is 0 Å². The second-order valence-electron chi connectivity index (χ2n) is 12.6. The van der Waals surface area contributed by atoms with Crippen molar-refractivity contribution in [1.82, 2.24) is 0 Å². The molecule has 208 valence electrons. The average molecular weight is 521 g/mol. The van der Waals surface area contributed by atoms with Gasteiger partial charge >= 0.3 is 0 Å². The minimum Gasteiger partial charge on any atom is -0.0991 e. The largest absolute Gasteiger partial charge is 0.0991 e. The van der Waals surface area contributed by atoms with Crippen molar-refractivity contribution in [2.75, 3.05) is 0 Å². The smallest absolute Gasteiger partial charge is 0.00507 e. The van der Waals surface area contributed by atoms with Gasteiger partial charge in [-0.1, -0.05) is 129 Å². The van der Waals surface area contributed by atoms with Gasteiger partial charge in [0.2, 0.25) is 0 Å². The van der Waals surface area contributed by atoms with E-state index < -0.39 is 0 Å². The van der Waals surface area contributed by atoms with E-state index in [2.05, 4.69) is 94.0 Å². The predicted molar refractivity (Wildman–Crippen MR) is 172 cm³/mol. The lowest BCUT2D eigenvalue weighted by Gasteiger charge is -2.55. The zero-order valence-electron chi connectivity index (χ0n) is 24.6. The molecule has 4 rings (SSSR count). The highest BCUT2D eigenvalue weighted by Gasteiger charge is 2.74. The first-order chi connectivity index (χ1) is 19.0. The molecule has 4 aliphatic rings. The van der Waals surface area contributed by atoms with E-state index in [1.165, 1.54) is 51.4 Å². The molecule has 0 aliphatic heterocycles. The van der Waals surface area contributed by atoms with Crippen LogP contribution < -0.4 is 0 Å². The summed E-state index contributed by atoms with van der Waals surface area (Å²) in [6, 6.07) is 0. The maximum atomic E-state index is 3.94. The maximum absolute atomic E-state index is 3.94. The van der Waals surface area contributed by atoms with Gasteiger partial charge < -0.3 is 0 Å². The van der Waals surface area contributed by atoms with Crippen molar-refractivity contribution in [3.8, 4) is 0 Å². The van der Waals surface area contributed by atoms with Crippen LogP contribution in [0.4, 0.5) is 0 Å². The van der Waals surface area contributed by atoms with Crippen molar-refractivity contribution in [1.29, 1.82) is 0 Å². The van der Waals surface area contributed by atoms with Gasteiger partial charge in [-0.05, 0) is 106 Å². The van der Waals surface area contributed by atoms with Crippen LogP contribution in [0.1, 0.15) is 84.0 Å². The lowest BCUT2D eigenvalue weighted by molar-refractivity contribution is -0.00832. The van der Waals surface area contributed by atoms with Gasteiger partial charge in [-0.3, -0.25) is 0 Å². The van der Waals surface area contributed by atoms with Crippen molar-refractivity contribution in [3.63, 3.8) is 0 Å². The van der Waals surface area contributed by atoms with Crippen LogP contribution in [0.25, 0.3) is 0 Å². The topological polar surface area (TPSA) is 0 Å². The molecule has 4 aliphatic carbocycles. The molecular weight excluding hydrogens is 468 g/mol. The SMILES string of the molecule is C=C/C=C/CCC1=C(CC/C=C/C=C)C23CC(C)CCC24C=CC(C4)C3C1(CC/C=C/C=C)CC/C=C/C=C. The van der Waals surface area contributed by atoms with E-state index >= 15 is 0 Å². The molecule has 0 aromatic rings. The molecule has 0 saturated heterocycles. The second-order valence-corrected chi connectivity index (χ2v) is 12.6. The molecule has 5 unspecified atom stereocenters. The lowest BCUT2D eigenvalue weighted by atomic mass is 9.48. The van der Waals surface area contributed by atoms with Gasteiger partial charge in [-0.25, -0.2) is 0 Å². The predicted octanol–water partition coefficient (Wildman–Crippen LogP) is 11.4. The van der Waals surface area contributed by atoms with Crippen LogP contribution in [-0.2, 0) is 0 Å². The van der Waals surface area contributed by atoms with Crippen LogP contribution in [0, 0.1) is 34.0 Å². The Morgan fingerprint density at radius 2 is 1.28 bits per heavy atom. The van der Waals surface area contributed by atoms with Gasteiger partial charge in [0.25, 0.3) is 0 Å². The molecule has 39 heavy (non-hydrogen) atoms. The highest BCUT2D eigenvalue weighted by molar-refractivity contribution is 5.49. The summed E-state index contributed by atoms with van der Waals surface area (Å²) in [5.41, 5.74) is 4.63. The minimum atomic E-state index is 0.241. The summed E-state index contributed by atoms with van der Waals surface area (Å²) >= 11 is 0. The van der Waals surface area contributed by atoms with Crippen molar-refractivity contribution in [2.45, 2.75) is 84.0 Å². The Morgan fingerprint density at radius 3 is 1.85 bits per heavy atom. The molecule has 2 fully saturated rings. The van der Waals surface area contributed by atoms with Crippen LogP contribution in [0.5, 0.6) is 0 Å². The van der Waals surface area contributed by atoms with E-state index in [1.54, 1.807) is 0 Å². The van der Waals surface area contributed by atoms with Gasteiger partial charge in [-0.15, -0.1) is 0 Å². The fourth-order valence-electron chi connectivity index (χ4n) is 9.66. The van der Waals surface area contributed by atoms with Crippen molar-refractivity contribution < 1.29 is 0 Å². The highest BCUT2D eigenvalue weighted by atomic mass is 14.8. The van der Waals surface area contributed by atoms with Crippen LogP contribution >= 0.6 is 0 Å². The third-order valence-corrected chi connectivity index (χ3v) is 10.7. The van der Waals surface area contributed by atoms with E-state index in [0.29, 0.717) is 16.7 Å². The summed E-state index contributed by atoms with van der Waals surface area (Å²) in [5.74, 6) is 2.23. The first kappa shape index (κ1) is 29.4. The van der Waals surface area contributed by atoms with Crippen molar-refractivity contribution in [2.24, 2.45) is 34.0 Å². The number of fused-ring (bicyclic) bond motifs is 2. The standard InChI is InChI=1S/C39H52/c1-6-10-14-18-22-34-35(23-19-15-11-7-2)39-30-32(5)24-28-37(39)29-25-33(31-37)36(39)38(34,26-20-16-12-8-3)27-21-17-13-9-4/h6-17,25,29,32-33,36H,1-4,18-24,26-28,30-31H2,5H3/b14-10+,15-11+,16-12+,17-13+. The Labute approximate surface area is 240 Å². The number of allylic oxidation sites excluding steroid dienone is 16. The molecule has 0 radical (unpaired) electrons. The zero-order valence-corrected chi connectivity index (χ0v) is 24.6. The van der Waals surface area contributed by atoms with Gasteiger partial charge in [0, 0.05) is 5.41 Å². The van der Waals surface area contributed by atoms with Crippen LogP contribution in [0.3, 0.4) is 0 Å². The van der Waals surface area contributed by atoms with E-state index in [9.17, 15) is 0 Å². The monoisotopic (exact) mass is 520 g/mol. The van der Waals surface area contributed by atoms with E-state index in [1.807, 2.05) is 35.5 Å². The molecule has 0 aromatic heterocycles. The molecule has 5 atom stereocenters. The van der Waals surface area contributed by atoms with Gasteiger partial charge in [0.1, 0.15) is 0 Å². The average Bonchev–Trinajstić information content (AvgIpc) is 3.55. The Hall–Kier alpha value is -2.60. The number of rotatable bonds is 16. The third-order valence-electron chi connectivity index (χ3n) is 10.7. The van der Waals surface area contributed by atoms with E-state index in [-0.39, 0.29) is 5.41 Å². The molecule has 0 aromatic carbocycles. The van der Waals surface area contributed by atoms with Crippen molar-refractivity contribution in [3.05, 3.63) is 123 Å². The fraction of sp³-hybridized carbons (Fsp3) is 0.487. The summed E-state index contributed by atoms with van der Waals surface area (Å²) in [5, 5.41) is 0. The lowest BCUT2D eigenvalue weighted by Crippen LogP contribution is -2.49. The molecule has 2 bridgehead atoms. The van der Waals surface area contributed by atoms with Gasteiger partial charge in [0.05, 0.1) is 0 Å². The highest BCUT2D eigenvalue weighted by Crippen LogP contribution is 2.82. The molecule has 0 heterocycles. The first-order valence-corrected chi connectivity index (χ1v) is 15.6. The molecule has 0 heteroatoms.